The second kappa shape index (κ2) is 8.07. The molecule has 146 valence electrons. The molecule has 1 aromatic carbocycles. The number of hydrogen-bond acceptors (Lipinski definition) is 4. The summed E-state index contributed by atoms with van der Waals surface area (Å²) in [5, 5.41) is 8.97. The van der Waals surface area contributed by atoms with Crippen LogP contribution in [-0.2, 0) is 19.5 Å². The molecule has 2 heterocycles. The van der Waals surface area contributed by atoms with Gasteiger partial charge in [-0.1, -0.05) is 18.2 Å². The molecule has 0 amide bonds. The molecule has 5 nitrogen and oxygen atoms in total. The van der Waals surface area contributed by atoms with E-state index in [9.17, 15) is 4.39 Å². The van der Waals surface area contributed by atoms with Gasteiger partial charge < -0.3 is 10.3 Å². The maximum absolute atomic E-state index is 13.9. The third kappa shape index (κ3) is 4.06. The second-order valence-corrected chi connectivity index (χ2v) is 8.16. The van der Waals surface area contributed by atoms with E-state index in [0.717, 1.165) is 75.5 Å². The summed E-state index contributed by atoms with van der Waals surface area (Å²) >= 11 is 0. The Morgan fingerprint density at radius 1 is 1.15 bits per heavy atom. The minimum absolute atomic E-state index is 0.0702. The molecular weight excluding hydrogens is 341 g/mol. The number of likely N-dealkylation sites (tertiary alicyclic amines) is 1. The molecule has 1 aliphatic carbocycles. The molecule has 0 spiro atoms. The first-order valence-corrected chi connectivity index (χ1v) is 10.3. The largest absolute Gasteiger partial charge is 0.328 e. The van der Waals surface area contributed by atoms with Crippen molar-refractivity contribution < 1.29 is 4.39 Å². The van der Waals surface area contributed by atoms with E-state index in [2.05, 4.69) is 26.6 Å². The number of hydrogen-bond donors (Lipinski definition) is 1. The van der Waals surface area contributed by atoms with Gasteiger partial charge in [0.25, 0.3) is 0 Å². The average molecular weight is 372 g/mol. The molecule has 2 aromatic rings. The zero-order valence-electron chi connectivity index (χ0n) is 16.1. The van der Waals surface area contributed by atoms with Crippen LogP contribution >= 0.6 is 0 Å². The van der Waals surface area contributed by atoms with E-state index >= 15 is 0 Å². The molecular formula is C21H30FN5. The van der Waals surface area contributed by atoms with Crippen molar-refractivity contribution in [2.45, 2.75) is 64.1 Å². The molecule has 2 aliphatic rings. The fraction of sp³-hybridized carbons (Fsp3) is 0.619. The molecule has 0 bridgehead atoms. The lowest BCUT2D eigenvalue weighted by atomic mass is 9.80. The summed E-state index contributed by atoms with van der Waals surface area (Å²) in [4.78, 5) is 2.46. The molecule has 0 atom stereocenters. The highest BCUT2D eigenvalue weighted by Crippen LogP contribution is 2.35. The zero-order valence-corrected chi connectivity index (χ0v) is 16.1. The molecule has 1 saturated heterocycles. The van der Waals surface area contributed by atoms with Crippen molar-refractivity contribution in [2.24, 2.45) is 11.7 Å². The first-order chi connectivity index (χ1) is 13.1. The summed E-state index contributed by atoms with van der Waals surface area (Å²) in [6, 6.07) is 7.50. The monoisotopic (exact) mass is 371 g/mol. The number of rotatable bonds is 6. The highest BCUT2D eigenvalue weighted by molar-refractivity contribution is 5.18. The third-order valence-electron chi connectivity index (χ3n) is 6.25. The van der Waals surface area contributed by atoms with E-state index in [1.165, 1.54) is 0 Å². The van der Waals surface area contributed by atoms with Crippen LogP contribution in [0.15, 0.2) is 24.3 Å². The molecule has 4 rings (SSSR count). The van der Waals surface area contributed by atoms with Gasteiger partial charge in [0, 0.05) is 18.5 Å². The minimum atomic E-state index is -0.0702. The fourth-order valence-corrected chi connectivity index (χ4v) is 4.51. The van der Waals surface area contributed by atoms with Crippen LogP contribution < -0.4 is 5.73 Å². The first-order valence-electron chi connectivity index (χ1n) is 10.3. The number of nitrogens with zero attached hydrogens (tertiary/aromatic N) is 4. The van der Waals surface area contributed by atoms with Crippen molar-refractivity contribution >= 4 is 0 Å². The standard InChI is InChI=1S/C21H30FN5/c1-2-27-20(24-25-21(27)17-12-18(23)13-17)14-26-9-7-15(8-10-26)11-16-5-3-4-6-19(16)22/h3-6,15,17-18H,2,7-14,23H2,1H3. The Labute approximate surface area is 160 Å². The van der Waals surface area contributed by atoms with Gasteiger partial charge in [0.1, 0.15) is 17.5 Å². The summed E-state index contributed by atoms with van der Waals surface area (Å²) in [5.41, 5.74) is 6.79. The summed E-state index contributed by atoms with van der Waals surface area (Å²) in [5.74, 6) is 3.16. The number of nitrogens with two attached hydrogens (primary N) is 1. The molecule has 1 aliphatic heterocycles. The van der Waals surface area contributed by atoms with Crippen molar-refractivity contribution in [1.29, 1.82) is 0 Å². The SMILES string of the molecule is CCn1c(CN2CCC(Cc3ccccc3F)CC2)nnc1C1CC(N)C1. The second-order valence-electron chi connectivity index (χ2n) is 8.16. The first kappa shape index (κ1) is 18.6. The van der Waals surface area contributed by atoms with Crippen LogP contribution in [0.1, 0.15) is 55.7 Å². The lowest BCUT2D eigenvalue weighted by Gasteiger charge is -2.33. The summed E-state index contributed by atoms with van der Waals surface area (Å²) in [7, 11) is 0. The maximum atomic E-state index is 13.9. The van der Waals surface area contributed by atoms with E-state index in [-0.39, 0.29) is 5.82 Å². The fourth-order valence-electron chi connectivity index (χ4n) is 4.51. The lowest BCUT2D eigenvalue weighted by Crippen LogP contribution is -2.36. The van der Waals surface area contributed by atoms with E-state index in [1.54, 1.807) is 12.1 Å². The molecule has 2 fully saturated rings. The van der Waals surface area contributed by atoms with Gasteiger partial charge in [0.15, 0.2) is 0 Å². The van der Waals surface area contributed by atoms with Crippen LogP contribution in [0.25, 0.3) is 0 Å². The minimum Gasteiger partial charge on any atom is -0.328 e. The number of halogens is 1. The summed E-state index contributed by atoms with van der Waals surface area (Å²) in [6.07, 6.45) is 5.12. The maximum Gasteiger partial charge on any atom is 0.147 e. The molecule has 0 radical (unpaired) electrons. The number of piperidine rings is 1. The predicted molar refractivity (Wildman–Crippen MR) is 104 cm³/mol. The molecule has 2 N–H and O–H groups in total. The van der Waals surface area contributed by atoms with Crippen molar-refractivity contribution in [1.82, 2.24) is 19.7 Å². The highest BCUT2D eigenvalue weighted by atomic mass is 19.1. The van der Waals surface area contributed by atoms with Gasteiger partial charge in [-0.3, -0.25) is 4.90 Å². The molecule has 1 aromatic heterocycles. The quantitative estimate of drug-likeness (QED) is 0.848. The normalized spacial score (nSPS) is 24.1. The Hall–Kier alpha value is -1.79. The Bertz CT molecular complexity index is 760. The lowest BCUT2D eigenvalue weighted by molar-refractivity contribution is 0.170. The Morgan fingerprint density at radius 2 is 1.89 bits per heavy atom. The van der Waals surface area contributed by atoms with Crippen LogP contribution in [0.4, 0.5) is 4.39 Å². The van der Waals surface area contributed by atoms with Gasteiger partial charge in [0.2, 0.25) is 0 Å². The smallest absolute Gasteiger partial charge is 0.147 e. The van der Waals surface area contributed by atoms with E-state index in [1.807, 2.05) is 12.1 Å². The van der Waals surface area contributed by atoms with Gasteiger partial charge in [-0.15, -0.1) is 10.2 Å². The Morgan fingerprint density at radius 3 is 2.56 bits per heavy atom. The summed E-state index contributed by atoms with van der Waals surface area (Å²) in [6.45, 7) is 6.01. The van der Waals surface area contributed by atoms with E-state index in [4.69, 9.17) is 5.73 Å². The van der Waals surface area contributed by atoms with Gasteiger partial charge in [-0.2, -0.15) is 0 Å². The van der Waals surface area contributed by atoms with Crippen LogP contribution in [-0.4, -0.2) is 38.8 Å². The van der Waals surface area contributed by atoms with Gasteiger partial charge in [-0.25, -0.2) is 4.39 Å². The number of aromatic nitrogens is 3. The molecule has 1 saturated carbocycles. The van der Waals surface area contributed by atoms with Gasteiger partial charge in [-0.05, 0) is 69.7 Å². The van der Waals surface area contributed by atoms with Gasteiger partial charge in [0.05, 0.1) is 6.54 Å². The summed E-state index contributed by atoms with van der Waals surface area (Å²) < 4.78 is 16.2. The average Bonchev–Trinajstić information content (AvgIpc) is 3.04. The van der Waals surface area contributed by atoms with E-state index < -0.39 is 0 Å². The molecule has 0 unspecified atom stereocenters. The van der Waals surface area contributed by atoms with Crippen molar-refractivity contribution in [3.63, 3.8) is 0 Å². The van der Waals surface area contributed by atoms with Crippen LogP contribution in [0.3, 0.4) is 0 Å². The Balaban J connectivity index is 1.32. The van der Waals surface area contributed by atoms with E-state index in [0.29, 0.717) is 17.9 Å². The third-order valence-corrected chi connectivity index (χ3v) is 6.25. The highest BCUT2D eigenvalue weighted by Gasteiger charge is 2.32. The topological polar surface area (TPSA) is 60.0 Å². The zero-order chi connectivity index (χ0) is 18.8. The molecule has 27 heavy (non-hydrogen) atoms. The molecule has 6 heteroatoms. The van der Waals surface area contributed by atoms with Crippen molar-refractivity contribution in [3.05, 3.63) is 47.3 Å². The number of benzene rings is 1. The Kier molecular flexibility index (Phi) is 5.55. The van der Waals surface area contributed by atoms with Gasteiger partial charge >= 0.3 is 0 Å². The predicted octanol–water partition coefficient (Wildman–Crippen LogP) is 3.10. The van der Waals surface area contributed by atoms with Crippen LogP contribution in [0.2, 0.25) is 0 Å². The van der Waals surface area contributed by atoms with Crippen molar-refractivity contribution in [3.8, 4) is 0 Å². The van der Waals surface area contributed by atoms with Crippen LogP contribution in [0.5, 0.6) is 0 Å². The van der Waals surface area contributed by atoms with Crippen molar-refractivity contribution in [2.75, 3.05) is 13.1 Å². The van der Waals surface area contributed by atoms with Crippen LogP contribution in [0, 0.1) is 11.7 Å².